The molecule has 2 aliphatic rings. The zero-order chi connectivity index (χ0) is 14.6. The third kappa shape index (κ3) is 2.07. The molecule has 3 nitrogen and oxygen atoms in total. The summed E-state index contributed by atoms with van der Waals surface area (Å²) in [5, 5.41) is 0.109. The van der Waals surface area contributed by atoms with Gasteiger partial charge in [-0.15, -0.1) is 13.2 Å². The van der Waals surface area contributed by atoms with Crippen LogP contribution in [0.4, 0.5) is 13.2 Å². The number of alkyl halides is 3. The second-order valence-corrected chi connectivity index (χ2v) is 5.49. The largest absolute Gasteiger partial charge is 0.573 e. The smallest absolute Gasteiger partial charge is 0.406 e. The second kappa shape index (κ2) is 4.11. The van der Waals surface area contributed by atoms with Gasteiger partial charge in [-0.05, 0) is 25.0 Å². The molecule has 1 aromatic rings. The molecular formula is C13H10ClF3O3. The first-order chi connectivity index (χ1) is 9.32. The van der Waals surface area contributed by atoms with Crippen LogP contribution < -0.4 is 4.74 Å². The maximum atomic E-state index is 12.1. The monoisotopic (exact) mass is 306 g/mol. The summed E-state index contributed by atoms with van der Waals surface area (Å²) >= 11 is 6.03. The highest BCUT2D eigenvalue weighted by Crippen LogP contribution is 2.65. The van der Waals surface area contributed by atoms with Crippen LogP contribution >= 0.6 is 11.6 Å². The predicted octanol–water partition coefficient (Wildman–Crippen LogP) is 3.44. The summed E-state index contributed by atoms with van der Waals surface area (Å²) in [5.41, 5.74) is -0.815. The maximum absolute atomic E-state index is 12.1. The molecule has 0 radical (unpaired) electrons. The van der Waals surface area contributed by atoms with Crippen molar-refractivity contribution in [3.8, 4) is 5.75 Å². The second-order valence-electron chi connectivity index (χ2n) is 5.08. The lowest BCUT2D eigenvalue weighted by molar-refractivity contribution is -0.274. The minimum absolute atomic E-state index is 0.109. The Morgan fingerprint density at radius 2 is 2.00 bits per heavy atom. The van der Waals surface area contributed by atoms with Gasteiger partial charge in [0.25, 0.3) is 0 Å². The van der Waals surface area contributed by atoms with Crippen LogP contribution in [0.25, 0.3) is 0 Å². The van der Waals surface area contributed by atoms with Gasteiger partial charge in [-0.25, -0.2) is 0 Å². The van der Waals surface area contributed by atoms with Gasteiger partial charge in [0.1, 0.15) is 17.6 Å². The molecule has 0 spiro atoms. The van der Waals surface area contributed by atoms with E-state index in [4.69, 9.17) is 16.3 Å². The number of carbonyl (C=O) groups excluding carboxylic acids is 1. The molecule has 3 rings (SSSR count). The summed E-state index contributed by atoms with van der Waals surface area (Å²) in [6.45, 7) is 0.352. The van der Waals surface area contributed by atoms with Crippen molar-refractivity contribution in [2.24, 2.45) is 5.41 Å². The van der Waals surface area contributed by atoms with Gasteiger partial charge in [0.15, 0.2) is 0 Å². The Morgan fingerprint density at radius 3 is 2.40 bits per heavy atom. The lowest BCUT2D eigenvalue weighted by Crippen LogP contribution is -2.25. The topological polar surface area (TPSA) is 38.8 Å². The average Bonchev–Trinajstić information content (AvgIpc) is 3.21. The highest BCUT2D eigenvalue weighted by atomic mass is 35.5. The lowest BCUT2D eigenvalue weighted by atomic mass is 9.84. The molecule has 7 heteroatoms. The third-order valence-corrected chi connectivity index (χ3v) is 4.17. The minimum atomic E-state index is -4.76. The van der Waals surface area contributed by atoms with Crippen molar-refractivity contribution in [1.29, 1.82) is 0 Å². The molecule has 1 unspecified atom stereocenters. The first kappa shape index (κ1) is 13.7. The molecule has 2 fully saturated rings. The van der Waals surface area contributed by atoms with E-state index in [1.165, 1.54) is 12.1 Å². The van der Waals surface area contributed by atoms with Gasteiger partial charge >= 0.3 is 6.36 Å². The van der Waals surface area contributed by atoms with Crippen molar-refractivity contribution in [3.63, 3.8) is 0 Å². The van der Waals surface area contributed by atoms with Crippen molar-refractivity contribution < 1.29 is 27.4 Å². The summed E-state index contributed by atoms with van der Waals surface area (Å²) in [6.07, 6.45) is -2.50. The van der Waals surface area contributed by atoms with Crippen molar-refractivity contribution in [2.75, 3.05) is 6.61 Å². The Labute approximate surface area is 117 Å². The molecule has 1 heterocycles. The highest BCUT2D eigenvalue weighted by molar-refractivity contribution is 6.31. The quantitative estimate of drug-likeness (QED) is 0.632. The molecule has 1 saturated heterocycles. The van der Waals surface area contributed by atoms with Crippen LogP contribution in [0.2, 0.25) is 5.02 Å². The average molecular weight is 307 g/mol. The van der Waals surface area contributed by atoms with Crippen molar-refractivity contribution in [2.45, 2.75) is 24.8 Å². The lowest BCUT2D eigenvalue weighted by Gasteiger charge is -2.20. The summed E-state index contributed by atoms with van der Waals surface area (Å²) in [4.78, 5) is 11.2. The van der Waals surface area contributed by atoms with E-state index in [9.17, 15) is 18.0 Å². The molecule has 1 aromatic carbocycles. The fourth-order valence-corrected chi connectivity index (χ4v) is 2.88. The van der Waals surface area contributed by atoms with Crippen LogP contribution in [0, 0.1) is 5.41 Å². The van der Waals surface area contributed by atoms with E-state index < -0.39 is 23.1 Å². The number of ether oxygens (including phenoxy) is 2. The van der Waals surface area contributed by atoms with E-state index in [2.05, 4.69) is 4.74 Å². The molecule has 0 bridgehead atoms. The molecular weight excluding hydrogens is 297 g/mol. The van der Waals surface area contributed by atoms with Crippen molar-refractivity contribution in [1.82, 2.24) is 0 Å². The van der Waals surface area contributed by atoms with Gasteiger partial charge in [0, 0.05) is 5.56 Å². The summed E-state index contributed by atoms with van der Waals surface area (Å²) in [6, 6.07) is 3.70. The molecule has 1 aliphatic carbocycles. The minimum Gasteiger partial charge on any atom is -0.406 e. The number of epoxide rings is 1. The standard InChI is InChI=1S/C13H10ClF3O3/c14-10-5-8(20-13(15,16)17)1-2-9(10)12(7-19-12)11(6-18)3-4-11/h1-2,5-6H,3-4,7H2. The Morgan fingerprint density at radius 1 is 1.35 bits per heavy atom. The van der Waals surface area contributed by atoms with E-state index >= 15 is 0 Å². The van der Waals surface area contributed by atoms with Crippen molar-refractivity contribution in [3.05, 3.63) is 28.8 Å². The number of benzene rings is 1. The fraction of sp³-hybridized carbons (Fsp3) is 0.462. The Hall–Kier alpha value is -1.27. The summed E-state index contributed by atoms with van der Waals surface area (Å²) in [7, 11) is 0. The van der Waals surface area contributed by atoms with E-state index in [0.29, 0.717) is 25.0 Å². The highest BCUT2D eigenvalue weighted by Gasteiger charge is 2.69. The van der Waals surface area contributed by atoms with Crippen molar-refractivity contribution >= 4 is 17.9 Å². The SMILES string of the molecule is O=CC1(C2(c3ccc(OC(F)(F)F)cc3Cl)CO2)CC1. The molecule has 1 saturated carbocycles. The van der Waals surface area contributed by atoms with Gasteiger partial charge in [-0.2, -0.15) is 0 Å². The number of rotatable bonds is 4. The maximum Gasteiger partial charge on any atom is 0.573 e. The fourth-order valence-electron chi connectivity index (χ4n) is 2.56. The van der Waals surface area contributed by atoms with Gasteiger partial charge in [-0.3, -0.25) is 0 Å². The van der Waals surface area contributed by atoms with E-state index in [1.807, 2.05) is 0 Å². The van der Waals surface area contributed by atoms with Crippen LogP contribution in [-0.4, -0.2) is 19.3 Å². The number of halogens is 4. The van der Waals surface area contributed by atoms with Crippen LogP contribution in [0.3, 0.4) is 0 Å². The van der Waals surface area contributed by atoms with Crippen LogP contribution in [0.15, 0.2) is 18.2 Å². The van der Waals surface area contributed by atoms with E-state index in [1.54, 1.807) is 0 Å². The summed E-state index contributed by atoms with van der Waals surface area (Å²) in [5.74, 6) is -0.391. The first-order valence-corrected chi connectivity index (χ1v) is 6.36. The molecule has 1 atom stereocenters. The zero-order valence-corrected chi connectivity index (χ0v) is 10.9. The van der Waals surface area contributed by atoms with E-state index in [-0.39, 0.29) is 5.02 Å². The number of hydrogen-bond acceptors (Lipinski definition) is 3. The third-order valence-electron chi connectivity index (χ3n) is 3.86. The predicted molar refractivity (Wildman–Crippen MR) is 63.5 cm³/mol. The number of carbonyl (C=O) groups is 1. The van der Waals surface area contributed by atoms with Crippen LogP contribution in [0.5, 0.6) is 5.75 Å². The normalized spacial score (nSPS) is 27.0. The number of hydrogen-bond donors (Lipinski definition) is 0. The van der Waals surface area contributed by atoms with Gasteiger partial charge in [0.05, 0.1) is 17.0 Å². The Bertz CT molecular complexity index is 562. The van der Waals surface area contributed by atoms with E-state index in [0.717, 1.165) is 12.4 Å². The molecule has 108 valence electrons. The molecule has 20 heavy (non-hydrogen) atoms. The molecule has 0 aromatic heterocycles. The van der Waals surface area contributed by atoms with Gasteiger partial charge in [0.2, 0.25) is 0 Å². The number of aldehydes is 1. The molecule has 0 amide bonds. The summed E-state index contributed by atoms with van der Waals surface area (Å²) < 4.78 is 45.7. The first-order valence-electron chi connectivity index (χ1n) is 5.98. The molecule has 0 N–H and O–H groups in total. The van der Waals surface area contributed by atoms with Crippen LogP contribution in [0.1, 0.15) is 18.4 Å². The zero-order valence-electron chi connectivity index (χ0n) is 10.2. The van der Waals surface area contributed by atoms with Crippen LogP contribution in [-0.2, 0) is 15.1 Å². The van der Waals surface area contributed by atoms with Gasteiger partial charge in [-0.1, -0.05) is 17.7 Å². The molecule has 1 aliphatic heterocycles. The Kier molecular flexibility index (Phi) is 2.82. The van der Waals surface area contributed by atoms with Gasteiger partial charge < -0.3 is 14.3 Å². The Balaban J connectivity index is 1.91.